The van der Waals surface area contributed by atoms with E-state index >= 15 is 0 Å². The Kier molecular flexibility index (Phi) is 5.42. The van der Waals surface area contributed by atoms with Crippen molar-refractivity contribution in [2.24, 2.45) is 5.92 Å². The van der Waals surface area contributed by atoms with Gasteiger partial charge in [0.15, 0.2) is 5.65 Å². The highest BCUT2D eigenvalue weighted by molar-refractivity contribution is 5.78. The minimum Gasteiger partial charge on any atom is -0.338 e. The van der Waals surface area contributed by atoms with Crippen molar-refractivity contribution in [3.63, 3.8) is 0 Å². The molecule has 1 atom stereocenters. The maximum atomic E-state index is 12.4. The fraction of sp³-hybridized carbons (Fsp3) is 0.435. The van der Waals surface area contributed by atoms with Crippen molar-refractivity contribution < 1.29 is 4.79 Å². The van der Waals surface area contributed by atoms with Gasteiger partial charge in [-0.3, -0.25) is 4.79 Å². The molecule has 0 N–H and O–H groups in total. The van der Waals surface area contributed by atoms with E-state index in [1.54, 1.807) is 0 Å². The summed E-state index contributed by atoms with van der Waals surface area (Å²) >= 11 is 0. The van der Waals surface area contributed by atoms with Crippen LogP contribution in [0, 0.1) is 12.8 Å². The number of aryl methyl sites for hydroxylation is 3. The van der Waals surface area contributed by atoms with Crippen molar-refractivity contribution in [1.29, 1.82) is 0 Å². The number of hydrogen-bond acceptors (Lipinski definition) is 3. The predicted molar refractivity (Wildman–Crippen MR) is 110 cm³/mol. The van der Waals surface area contributed by atoms with Crippen molar-refractivity contribution in [2.75, 3.05) is 6.54 Å². The van der Waals surface area contributed by atoms with Crippen molar-refractivity contribution >= 4 is 11.6 Å². The molecular weight excluding hydrogens is 348 g/mol. The molecule has 1 unspecified atom stereocenters. The van der Waals surface area contributed by atoms with Crippen LogP contribution < -0.4 is 0 Å². The van der Waals surface area contributed by atoms with Gasteiger partial charge in [-0.2, -0.15) is 5.10 Å². The first-order valence-corrected chi connectivity index (χ1v) is 10.3. The second kappa shape index (κ2) is 8.13. The van der Waals surface area contributed by atoms with Crippen LogP contribution in [-0.2, 0) is 24.2 Å². The molecule has 1 amide bonds. The molecule has 5 nitrogen and oxygen atoms in total. The lowest BCUT2D eigenvalue weighted by Crippen LogP contribution is -2.25. The standard InChI is InChI=1S/C23H28N4O/c1-3-7-19-12-22(28)26(14-19)16-21-17(2)25-27-15-20(13-24-23(21)27)11-10-18-8-5-4-6-9-18/h4-6,8-9,13,15,19H,3,7,10-12,14,16H2,1-2H3. The van der Waals surface area contributed by atoms with Crippen molar-refractivity contribution in [3.8, 4) is 0 Å². The number of fused-ring (bicyclic) bond motifs is 1. The summed E-state index contributed by atoms with van der Waals surface area (Å²) < 4.78 is 1.88. The third-order valence-electron chi connectivity index (χ3n) is 5.71. The molecule has 0 aliphatic carbocycles. The molecule has 28 heavy (non-hydrogen) atoms. The zero-order chi connectivity index (χ0) is 19.5. The zero-order valence-electron chi connectivity index (χ0n) is 16.8. The average Bonchev–Trinajstić information content (AvgIpc) is 3.20. The summed E-state index contributed by atoms with van der Waals surface area (Å²) in [5.74, 6) is 0.758. The molecule has 1 aliphatic heterocycles. The molecule has 0 radical (unpaired) electrons. The topological polar surface area (TPSA) is 50.5 Å². The summed E-state index contributed by atoms with van der Waals surface area (Å²) in [5.41, 5.74) is 5.40. The summed E-state index contributed by atoms with van der Waals surface area (Å²) in [4.78, 5) is 19.1. The molecule has 1 aliphatic rings. The zero-order valence-corrected chi connectivity index (χ0v) is 16.8. The first kappa shape index (κ1) is 18.7. The monoisotopic (exact) mass is 376 g/mol. The Labute approximate surface area is 166 Å². The minimum absolute atomic E-state index is 0.261. The Bertz CT molecular complexity index is 963. The summed E-state index contributed by atoms with van der Waals surface area (Å²) in [6, 6.07) is 10.5. The number of rotatable bonds is 7. The molecule has 3 aromatic rings. The molecule has 2 aromatic heterocycles. The fourth-order valence-corrected chi connectivity index (χ4v) is 4.18. The van der Waals surface area contributed by atoms with Crippen LogP contribution in [0.15, 0.2) is 42.7 Å². The highest BCUT2D eigenvalue weighted by atomic mass is 16.2. The number of amides is 1. The van der Waals surface area contributed by atoms with E-state index in [1.807, 2.05) is 28.6 Å². The lowest BCUT2D eigenvalue weighted by atomic mass is 10.0. The summed E-state index contributed by atoms with van der Waals surface area (Å²) in [7, 11) is 0. The lowest BCUT2D eigenvalue weighted by Gasteiger charge is -2.16. The first-order chi connectivity index (χ1) is 13.6. The van der Waals surface area contributed by atoms with Crippen molar-refractivity contribution in [2.45, 2.75) is 52.5 Å². The van der Waals surface area contributed by atoms with E-state index in [0.717, 1.165) is 49.1 Å². The molecule has 0 bridgehead atoms. The van der Waals surface area contributed by atoms with Gasteiger partial charge >= 0.3 is 0 Å². The number of carbonyl (C=O) groups excluding carboxylic acids is 1. The second-order valence-electron chi connectivity index (χ2n) is 7.91. The van der Waals surface area contributed by atoms with Gasteiger partial charge in [0.1, 0.15) is 0 Å². The van der Waals surface area contributed by atoms with Crippen LogP contribution in [0.4, 0.5) is 0 Å². The van der Waals surface area contributed by atoms with Crippen LogP contribution >= 0.6 is 0 Å². The van der Waals surface area contributed by atoms with E-state index in [2.05, 4.69) is 42.5 Å². The molecule has 0 spiro atoms. The largest absolute Gasteiger partial charge is 0.338 e. The Morgan fingerprint density at radius 3 is 2.71 bits per heavy atom. The first-order valence-electron chi connectivity index (χ1n) is 10.3. The minimum atomic E-state index is 0.261. The van der Waals surface area contributed by atoms with Crippen LogP contribution in [0.5, 0.6) is 0 Å². The van der Waals surface area contributed by atoms with Gasteiger partial charge in [0.05, 0.1) is 12.2 Å². The smallest absolute Gasteiger partial charge is 0.223 e. The molecule has 5 heteroatoms. The van der Waals surface area contributed by atoms with Crippen LogP contribution in [0.3, 0.4) is 0 Å². The average molecular weight is 377 g/mol. The van der Waals surface area contributed by atoms with Gasteiger partial charge in [-0.1, -0.05) is 43.7 Å². The van der Waals surface area contributed by atoms with Crippen LogP contribution in [0.2, 0.25) is 0 Å². The van der Waals surface area contributed by atoms with Gasteiger partial charge in [-0.25, -0.2) is 9.50 Å². The maximum absolute atomic E-state index is 12.4. The van der Waals surface area contributed by atoms with Gasteiger partial charge in [0.2, 0.25) is 5.91 Å². The Morgan fingerprint density at radius 1 is 1.14 bits per heavy atom. The number of nitrogens with zero attached hydrogens (tertiary/aromatic N) is 4. The van der Waals surface area contributed by atoms with Gasteiger partial charge in [0, 0.05) is 30.9 Å². The molecule has 1 saturated heterocycles. The van der Waals surface area contributed by atoms with Crippen LogP contribution in [0.1, 0.15) is 48.6 Å². The number of hydrogen-bond donors (Lipinski definition) is 0. The quantitative estimate of drug-likeness (QED) is 0.627. The highest BCUT2D eigenvalue weighted by Crippen LogP contribution is 2.25. The number of carbonyl (C=O) groups is 1. The molecule has 3 heterocycles. The Morgan fingerprint density at radius 2 is 1.93 bits per heavy atom. The van der Waals surface area contributed by atoms with Gasteiger partial charge in [-0.05, 0) is 43.2 Å². The van der Waals surface area contributed by atoms with E-state index in [4.69, 9.17) is 4.98 Å². The van der Waals surface area contributed by atoms with Gasteiger partial charge < -0.3 is 4.90 Å². The summed E-state index contributed by atoms with van der Waals surface area (Å²) in [6.45, 7) is 5.67. The van der Waals surface area contributed by atoms with E-state index in [-0.39, 0.29) is 5.91 Å². The Hall–Kier alpha value is -2.69. The molecular formula is C23H28N4O. The highest BCUT2D eigenvalue weighted by Gasteiger charge is 2.30. The molecule has 4 rings (SSSR count). The van der Waals surface area contributed by atoms with Gasteiger partial charge in [-0.15, -0.1) is 0 Å². The van der Waals surface area contributed by atoms with E-state index in [1.165, 1.54) is 11.1 Å². The molecule has 0 saturated carbocycles. The number of aromatic nitrogens is 3. The lowest BCUT2D eigenvalue weighted by molar-refractivity contribution is -0.128. The number of likely N-dealkylation sites (tertiary alicyclic amines) is 1. The second-order valence-corrected chi connectivity index (χ2v) is 7.91. The maximum Gasteiger partial charge on any atom is 0.223 e. The fourth-order valence-electron chi connectivity index (χ4n) is 4.18. The Balaban J connectivity index is 1.49. The molecule has 146 valence electrons. The third kappa shape index (κ3) is 3.93. The van der Waals surface area contributed by atoms with E-state index in [9.17, 15) is 4.79 Å². The van der Waals surface area contributed by atoms with Crippen molar-refractivity contribution in [3.05, 3.63) is 65.1 Å². The van der Waals surface area contributed by atoms with Crippen LogP contribution in [0.25, 0.3) is 5.65 Å². The summed E-state index contributed by atoms with van der Waals surface area (Å²) in [5, 5.41) is 4.67. The molecule has 1 aromatic carbocycles. The normalized spacial score (nSPS) is 17.0. The van der Waals surface area contributed by atoms with Crippen molar-refractivity contribution in [1.82, 2.24) is 19.5 Å². The summed E-state index contributed by atoms with van der Waals surface area (Å²) in [6.07, 6.45) is 8.89. The number of benzene rings is 1. The molecule has 1 fully saturated rings. The van der Waals surface area contributed by atoms with Gasteiger partial charge in [0.25, 0.3) is 0 Å². The van der Waals surface area contributed by atoms with E-state index < -0.39 is 0 Å². The predicted octanol–water partition coefficient (Wildman–Crippen LogP) is 3.97. The third-order valence-corrected chi connectivity index (χ3v) is 5.71. The van der Waals surface area contributed by atoms with Crippen LogP contribution in [-0.4, -0.2) is 31.9 Å². The SMILES string of the molecule is CCCC1CC(=O)N(Cc2c(C)nn3cc(CCc4ccccc4)cnc23)C1. The van der Waals surface area contributed by atoms with E-state index in [0.29, 0.717) is 18.9 Å².